The predicted molar refractivity (Wildman–Crippen MR) is 56.4 cm³/mol. The number of carbonyl (C=O) groups is 1. The number of nitrogens with two attached hydrogens (primary N) is 1. The summed E-state index contributed by atoms with van der Waals surface area (Å²) in [6.45, 7) is 4.00. The highest BCUT2D eigenvalue weighted by Crippen LogP contribution is 2.11. The number of hydrogen-bond donors (Lipinski definition) is 2. The van der Waals surface area contributed by atoms with E-state index in [-0.39, 0.29) is 6.61 Å². The molecule has 1 rings (SSSR count). The summed E-state index contributed by atoms with van der Waals surface area (Å²) in [5.74, 6) is 0.200. The number of carbonyl (C=O) groups excluding carboxylic acids is 1. The van der Waals surface area contributed by atoms with Crippen LogP contribution in [0.25, 0.3) is 0 Å². The zero-order valence-corrected chi connectivity index (χ0v) is 9.04. The topological polar surface area (TPSA) is 73.6 Å². The summed E-state index contributed by atoms with van der Waals surface area (Å²) in [5.41, 5.74) is 4.92. The Hall–Kier alpha value is -0.650. The molecule has 0 saturated carbocycles. The Labute approximate surface area is 90.3 Å². The van der Waals surface area contributed by atoms with E-state index in [9.17, 15) is 4.79 Å². The zero-order chi connectivity index (χ0) is 10.9. The van der Waals surface area contributed by atoms with Gasteiger partial charge in [-0.25, -0.2) is 0 Å². The fourth-order valence-electron chi connectivity index (χ4n) is 1.59. The van der Waals surface area contributed by atoms with Crippen LogP contribution < -0.4 is 11.1 Å². The van der Waals surface area contributed by atoms with Crippen molar-refractivity contribution in [1.29, 1.82) is 0 Å². The van der Waals surface area contributed by atoms with Crippen LogP contribution in [0.4, 0.5) is 0 Å². The zero-order valence-electron chi connectivity index (χ0n) is 9.04. The Kier molecular flexibility index (Phi) is 6.31. The van der Waals surface area contributed by atoms with Crippen LogP contribution in [-0.4, -0.2) is 45.4 Å². The Morgan fingerprint density at radius 2 is 2.47 bits per heavy atom. The van der Waals surface area contributed by atoms with Crippen LogP contribution in [0, 0.1) is 5.92 Å². The van der Waals surface area contributed by atoms with Gasteiger partial charge >= 0.3 is 0 Å². The van der Waals surface area contributed by atoms with Gasteiger partial charge in [-0.3, -0.25) is 4.79 Å². The number of hydrogen-bond acceptors (Lipinski definition) is 4. The first-order valence-corrected chi connectivity index (χ1v) is 5.43. The first-order valence-electron chi connectivity index (χ1n) is 5.43. The molecule has 1 fully saturated rings. The molecule has 1 unspecified atom stereocenters. The van der Waals surface area contributed by atoms with Crippen molar-refractivity contribution >= 4 is 5.91 Å². The summed E-state index contributed by atoms with van der Waals surface area (Å²) in [5, 5.41) is 3.27. The lowest BCUT2D eigenvalue weighted by molar-refractivity contribution is -0.122. The largest absolute Gasteiger partial charge is 0.381 e. The second-order valence-electron chi connectivity index (χ2n) is 3.81. The van der Waals surface area contributed by atoms with Crippen LogP contribution in [0.1, 0.15) is 12.8 Å². The number of amides is 1. The van der Waals surface area contributed by atoms with Crippen LogP contribution in [0.15, 0.2) is 0 Å². The van der Waals surface area contributed by atoms with E-state index in [4.69, 9.17) is 15.2 Å². The van der Waals surface area contributed by atoms with Gasteiger partial charge in [-0.2, -0.15) is 0 Å². The molecular weight excluding hydrogens is 196 g/mol. The summed E-state index contributed by atoms with van der Waals surface area (Å²) in [6.07, 6.45) is 2.39. The molecule has 1 aliphatic heterocycles. The summed E-state index contributed by atoms with van der Waals surface area (Å²) >= 11 is 0. The molecule has 0 aromatic heterocycles. The van der Waals surface area contributed by atoms with E-state index in [1.807, 2.05) is 0 Å². The number of nitrogens with one attached hydrogen (secondary N) is 1. The minimum atomic E-state index is -0.421. The number of ether oxygens (including phenoxy) is 2. The van der Waals surface area contributed by atoms with Gasteiger partial charge in [0, 0.05) is 19.7 Å². The molecule has 88 valence electrons. The van der Waals surface area contributed by atoms with Gasteiger partial charge in [0.15, 0.2) is 0 Å². The summed E-state index contributed by atoms with van der Waals surface area (Å²) in [6, 6.07) is 0. The minimum absolute atomic E-state index is 0.00815. The van der Waals surface area contributed by atoms with Gasteiger partial charge in [0.05, 0.1) is 13.2 Å². The van der Waals surface area contributed by atoms with E-state index in [1.54, 1.807) is 0 Å². The standard InChI is InChI=1S/C10H20N2O3/c11-10(13)8-15-5-3-12-6-9-2-1-4-14-7-9/h9,12H,1-8H2,(H2,11,13). The lowest BCUT2D eigenvalue weighted by atomic mass is 10.0. The van der Waals surface area contributed by atoms with Crippen molar-refractivity contribution in [3.8, 4) is 0 Å². The SMILES string of the molecule is NC(=O)COCCNCC1CCCOC1. The van der Waals surface area contributed by atoms with Crippen molar-refractivity contribution in [3.05, 3.63) is 0 Å². The maximum absolute atomic E-state index is 10.3. The Morgan fingerprint density at radius 1 is 1.60 bits per heavy atom. The highest BCUT2D eigenvalue weighted by atomic mass is 16.5. The molecule has 1 aliphatic rings. The van der Waals surface area contributed by atoms with Gasteiger partial charge in [0.25, 0.3) is 0 Å². The molecule has 1 amide bonds. The molecule has 1 saturated heterocycles. The van der Waals surface area contributed by atoms with E-state index in [2.05, 4.69) is 5.32 Å². The average Bonchev–Trinajstić information content (AvgIpc) is 2.24. The van der Waals surface area contributed by atoms with E-state index in [0.29, 0.717) is 12.5 Å². The van der Waals surface area contributed by atoms with Crippen LogP contribution in [0.3, 0.4) is 0 Å². The third-order valence-corrected chi connectivity index (χ3v) is 2.36. The van der Waals surface area contributed by atoms with Gasteiger partial charge < -0.3 is 20.5 Å². The maximum Gasteiger partial charge on any atom is 0.243 e. The fourth-order valence-corrected chi connectivity index (χ4v) is 1.59. The summed E-state index contributed by atoms with van der Waals surface area (Å²) < 4.78 is 10.4. The second kappa shape index (κ2) is 7.62. The molecule has 15 heavy (non-hydrogen) atoms. The lowest BCUT2D eigenvalue weighted by Crippen LogP contribution is -2.31. The molecule has 0 aliphatic carbocycles. The molecule has 1 heterocycles. The van der Waals surface area contributed by atoms with Crippen molar-refractivity contribution in [2.45, 2.75) is 12.8 Å². The van der Waals surface area contributed by atoms with Gasteiger partial charge in [-0.05, 0) is 18.8 Å². The second-order valence-corrected chi connectivity index (χ2v) is 3.81. The van der Waals surface area contributed by atoms with Crippen LogP contribution in [-0.2, 0) is 14.3 Å². The molecule has 0 bridgehead atoms. The molecule has 0 spiro atoms. The Bertz CT molecular complexity index is 182. The van der Waals surface area contributed by atoms with Crippen molar-refractivity contribution in [1.82, 2.24) is 5.32 Å². The van der Waals surface area contributed by atoms with E-state index >= 15 is 0 Å². The molecule has 5 heteroatoms. The van der Waals surface area contributed by atoms with Gasteiger partial charge in [0.2, 0.25) is 5.91 Å². The lowest BCUT2D eigenvalue weighted by Gasteiger charge is -2.22. The van der Waals surface area contributed by atoms with Crippen molar-refractivity contribution < 1.29 is 14.3 Å². The van der Waals surface area contributed by atoms with E-state index < -0.39 is 5.91 Å². The summed E-state index contributed by atoms with van der Waals surface area (Å²) in [4.78, 5) is 10.3. The highest BCUT2D eigenvalue weighted by molar-refractivity contribution is 5.74. The number of primary amides is 1. The van der Waals surface area contributed by atoms with E-state index in [1.165, 1.54) is 6.42 Å². The van der Waals surface area contributed by atoms with Crippen molar-refractivity contribution in [2.75, 3.05) is 39.5 Å². The summed E-state index contributed by atoms with van der Waals surface area (Å²) in [7, 11) is 0. The van der Waals surface area contributed by atoms with Crippen molar-refractivity contribution in [2.24, 2.45) is 11.7 Å². The number of rotatable bonds is 7. The molecule has 0 aromatic carbocycles. The molecule has 3 N–H and O–H groups in total. The highest BCUT2D eigenvalue weighted by Gasteiger charge is 2.12. The first-order chi connectivity index (χ1) is 7.29. The Balaban J connectivity index is 1.85. The first kappa shape index (κ1) is 12.4. The fraction of sp³-hybridized carbons (Fsp3) is 0.900. The van der Waals surface area contributed by atoms with Gasteiger partial charge in [0.1, 0.15) is 6.61 Å². The molecule has 1 atom stereocenters. The minimum Gasteiger partial charge on any atom is -0.381 e. The van der Waals surface area contributed by atoms with Crippen molar-refractivity contribution in [3.63, 3.8) is 0 Å². The van der Waals surface area contributed by atoms with Gasteiger partial charge in [-0.15, -0.1) is 0 Å². The molecule has 0 radical (unpaired) electrons. The Morgan fingerprint density at radius 3 is 3.13 bits per heavy atom. The monoisotopic (exact) mass is 216 g/mol. The molecular formula is C10H20N2O3. The predicted octanol–water partition coefficient (Wildman–Crippen LogP) is -0.495. The quantitative estimate of drug-likeness (QED) is 0.563. The molecule has 5 nitrogen and oxygen atoms in total. The van der Waals surface area contributed by atoms with E-state index in [0.717, 1.165) is 32.7 Å². The third kappa shape index (κ3) is 6.43. The normalized spacial score (nSPS) is 21.5. The van der Waals surface area contributed by atoms with Crippen LogP contribution >= 0.6 is 0 Å². The van der Waals surface area contributed by atoms with Gasteiger partial charge in [-0.1, -0.05) is 0 Å². The smallest absolute Gasteiger partial charge is 0.243 e. The molecule has 0 aromatic rings. The maximum atomic E-state index is 10.3. The van der Waals surface area contributed by atoms with Crippen LogP contribution in [0.5, 0.6) is 0 Å². The third-order valence-electron chi connectivity index (χ3n) is 2.36. The average molecular weight is 216 g/mol. The van der Waals surface area contributed by atoms with Crippen LogP contribution in [0.2, 0.25) is 0 Å².